The van der Waals surface area contributed by atoms with Crippen LogP contribution in [0.5, 0.6) is 0 Å². The molecule has 1 N–H and O–H groups in total. The summed E-state index contributed by atoms with van der Waals surface area (Å²) in [6, 6.07) is 8.34. The van der Waals surface area contributed by atoms with E-state index >= 15 is 0 Å². The van der Waals surface area contributed by atoms with Crippen molar-refractivity contribution in [3.8, 4) is 0 Å². The first-order valence-corrected chi connectivity index (χ1v) is 9.07. The maximum atomic E-state index is 12.2. The first-order chi connectivity index (χ1) is 9.63. The Morgan fingerprint density at radius 3 is 2.70 bits per heavy atom. The molecular formula is C15H22N2O2S. The first kappa shape index (κ1) is 14.0. The van der Waals surface area contributed by atoms with Gasteiger partial charge >= 0.3 is 0 Å². The highest BCUT2D eigenvalue weighted by molar-refractivity contribution is 7.91. The number of sulfone groups is 1. The molecule has 2 heterocycles. The number of rotatable bonds is 4. The molecule has 4 nitrogen and oxygen atoms in total. The van der Waals surface area contributed by atoms with Gasteiger partial charge in [0.1, 0.15) is 0 Å². The molecule has 1 atom stereocenters. The van der Waals surface area contributed by atoms with E-state index in [1.807, 2.05) is 18.2 Å². The summed E-state index contributed by atoms with van der Waals surface area (Å²) < 4.78 is 24.4. The van der Waals surface area contributed by atoms with Crippen LogP contribution in [0.2, 0.25) is 0 Å². The lowest BCUT2D eigenvalue weighted by atomic mass is 9.98. The van der Waals surface area contributed by atoms with E-state index in [1.54, 1.807) is 6.07 Å². The highest BCUT2D eigenvalue weighted by atomic mass is 32.2. The summed E-state index contributed by atoms with van der Waals surface area (Å²) in [5, 5.41) is 3.32. The van der Waals surface area contributed by atoms with Crippen LogP contribution in [0.4, 0.5) is 0 Å². The smallest absolute Gasteiger partial charge is 0.178 e. The zero-order valence-corrected chi connectivity index (χ0v) is 12.7. The van der Waals surface area contributed by atoms with Crippen molar-refractivity contribution in [1.29, 1.82) is 0 Å². The number of hydrogen-bond acceptors (Lipinski definition) is 4. The zero-order chi connectivity index (χ0) is 14.2. The fraction of sp³-hybridized carbons (Fsp3) is 0.600. The minimum atomic E-state index is -3.08. The van der Waals surface area contributed by atoms with E-state index < -0.39 is 9.84 Å². The fourth-order valence-electron chi connectivity index (χ4n) is 3.27. The van der Waals surface area contributed by atoms with Gasteiger partial charge in [0.15, 0.2) is 9.84 Å². The molecule has 20 heavy (non-hydrogen) atoms. The summed E-state index contributed by atoms with van der Waals surface area (Å²) in [6.07, 6.45) is 1.82. The molecule has 2 aliphatic rings. The Balaban J connectivity index is 1.97. The second-order valence-corrected chi connectivity index (χ2v) is 7.79. The monoisotopic (exact) mass is 294 g/mol. The van der Waals surface area contributed by atoms with Crippen LogP contribution >= 0.6 is 0 Å². The molecule has 0 radical (unpaired) electrons. The molecule has 5 heteroatoms. The Bertz CT molecular complexity index is 581. The molecule has 0 bridgehead atoms. The quantitative estimate of drug-likeness (QED) is 0.916. The molecule has 1 aromatic rings. The Labute approximate surface area is 121 Å². The number of nitrogens with zero attached hydrogens (tertiary/aromatic N) is 1. The Hall–Kier alpha value is -0.910. The molecule has 1 fully saturated rings. The number of nitrogens with one attached hydrogen (secondary N) is 1. The van der Waals surface area contributed by atoms with Gasteiger partial charge in [0.2, 0.25) is 0 Å². The molecule has 1 aromatic carbocycles. The summed E-state index contributed by atoms with van der Waals surface area (Å²) in [5.74, 6) is 0.273. The number of fused-ring (bicyclic) bond motifs is 1. The predicted octanol–water partition coefficient (Wildman–Crippen LogP) is 1.59. The van der Waals surface area contributed by atoms with Gasteiger partial charge in [0.25, 0.3) is 0 Å². The van der Waals surface area contributed by atoms with E-state index in [-0.39, 0.29) is 11.8 Å². The molecule has 0 aliphatic carbocycles. The van der Waals surface area contributed by atoms with Gasteiger partial charge in [-0.05, 0) is 31.0 Å². The highest BCUT2D eigenvalue weighted by Crippen LogP contribution is 2.37. The van der Waals surface area contributed by atoms with Crippen LogP contribution < -0.4 is 5.32 Å². The van der Waals surface area contributed by atoms with Crippen molar-refractivity contribution in [2.75, 3.05) is 25.4 Å². The standard InChI is InChI=1S/C15H22N2O2S/c1-2-8-17(12-10-16-11-12)14-7-9-20(18,19)15-6-4-3-5-13(14)15/h3-6,12,14,16H,2,7-11H2,1H3. The van der Waals surface area contributed by atoms with Gasteiger partial charge in [-0.1, -0.05) is 25.1 Å². The van der Waals surface area contributed by atoms with Crippen molar-refractivity contribution in [3.63, 3.8) is 0 Å². The number of hydrogen-bond donors (Lipinski definition) is 1. The highest BCUT2D eigenvalue weighted by Gasteiger charge is 2.37. The van der Waals surface area contributed by atoms with E-state index in [4.69, 9.17) is 0 Å². The van der Waals surface area contributed by atoms with Crippen LogP contribution in [-0.2, 0) is 9.84 Å². The van der Waals surface area contributed by atoms with Crippen LogP contribution in [0.1, 0.15) is 31.4 Å². The van der Waals surface area contributed by atoms with Gasteiger partial charge in [0.05, 0.1) is 10.6 Å². The molecular weight excluding hydrogens is 272 g/mol. The lowest BCUT2D eigenvalue weighted by Crippen LogP contribution is -2.58. The third-order valence-corrected chi connectivity index (χ3v) is 6.20. The van der Waals surface area contributed by atoms with Crippen molar-refractivity contribution >= 4 is 9.84 Å². The minimum absolute atomic E-state index is 0.252. The van der Waals surface area contributed by atoms with Gasteiger partial charge in [-0.25, -0.2) is 8.42 Å². The second-order valence-electron chi connectivity index (χ2n) is 5.71. The molecule has 1 saturated heterocycles. The lowest BCUT2D eigenvalue weighted by molar-refractivity contribution is 0.0894. The van der Waals surface area contributed by atoms with Gasteiger partial charge in [0, 0.05) is 25.2 Å². The number of benzene rings is 1. The predicted molar refractivity (Wildman–Crippen MR) is 79.5 cm³/mol. The molecule has 0 amide bonds. The molecule has 110 valence electrons. The summed E-state index contributed by atoms with van der Waals surface area (Å²) in [4.78, 5) is 3.05. The second kappa shape index (κ2) is 5.47. The molecule has 0 aromatic heterocycles. The van der Waals surface area contributed by atoms with Crippen molar-refractivity contribution in [1.82, 2.24) is 10.2 Å². The Morgan fingerprint density at radius 2 is 2.05 bits per heavy atom. The van der Waals surface area contributed by atoms with Crippen molar-refractivity contribution in [2.24, 2.45) is 0 Å². The topological polar surface area (TPSA) is 49.4 Å². The largest absolute Gasteiger partial charge is 0.314 e. The maximum absolute atomic E-state index is 12.2. The van der Waals surface area contributed by atoms with Crippen molar-refractivity contribution in [3.05, 3.63) is 29.8 Å². The maximum Gasteiger partial charge on any atom is 0.178 e. The average molecular weight is 294 g/mol. The van der Waals surface area contributed by atoms with Crippen LogP contribution in [-0.4, -0.2) is 44.7 Å². The van der Waals surface area contributed by atoms with Crippen LogP contribution in [0.3, 0.4) is 0 Å². The third kappa shape index (κ3) is 2.38. The lowest BCUT2D eigenvalue weighted by Gasteiger charge is -2.44. The average Bonchev–Trinajstić information content (AvgIpc) is 2.37. The van der Waals surface area contributed by atoms with Crippen molar-refractivity contribution in [2.45, 2.75) is 36.7 Å². The summed E-state index contributed by atoms with van der Waals surface area (Å²) in [6.45, 7) is 5.26. The van der Waals surface area contributed by atoms with Crippen molar-refractivity contribution < 1.29 is 8.42 Å². The van der Waals surface area contributed by atoms with E-state index in [1.165, 1.54) is 0 Å². The van der Waals surface area contributed by atoms with Gasteiger partial charge < -0.3 is 5.32 Å². The van der Waals surface area contributed by atoms with Gasteiger partial charge in [-0.15, -0.1) is 0 Å². The first-order valence-electron chi connectivity index (χ1n) is 7.41. The minimum Gasteiger partial charge on any atom is -0.314 e. The molecule has 1 unspecified atom stereocenters. The third-order valence-electron chi connectivity index (χ3n) is 4.38. The molecule has 2 aliphatic heterocycles. The Kier molecular flexibility index (Phi) is 3.84. The van der Waals surface area contributed by atoms with Crippen LogP contribution in [0.15, 0.2) is 29.2 Å². The van der Waals surface area contributed by atoms with Crippen LogP contribution in [0.25, 0.3) is 0 Å². The summed E-state index contributed by atoms with van der Waals surface area (Å²) >= 11 is 0. The van der Waals surface area contributed by atoms with E-state index in [0.717, 1.165) is 38.0 Å². The Morgan fingerprint density at radius 1 is 1.30 bits per heavy atom. The van der Waals surface area contributed by atoms with Crippen LogP contribution in [0, 0.1) is 0 Å². The van der Waals surface area contributed by atoms with E-state index in [0.29, 0.717) is 10.9 Å². The molecule has 0 saturated carbocycles. The zero-order valence-electron chi connectivity index (χ0n) is 11.9. The summed E-state index contributed by atoms with van der Waals surface area (Å²) in [5.41, 5.74) is 0.999. The SMILES string of the molecule is CCCN(C1CNC1)C1CCS(=O)(=O)c2ccccc21. The van der Waals surface area contributed by atoms with E-state index in [9.17, 15) is 8.42 Å². The summed E-state index contributed by atoms with van der Waals surface area (Å²) in [7, 11) is -3.08. The van der Waals surface area contributed by atoms with Gasteiger partial charge in [-0.3, -0.25) is 4.90 Å². The molecule has 0 spiro atoms. The van der Waals surface area contributed by atoms with E-state index in [2.05, 4.69) is 17.1 Å². The normalized spacial score (nSPS) is 25.2. The fourth-order valence-corrected chi connectivity index (χ4v) is 4.88. The molecule has 3 rings (SSSR count). The van der Waals surface area contributed by atoms with Gasteiger partial charge in [-0.2, -0.15) is 0 Å².